The van der Waals surface area contributed by atoms with E-state index in [4.69, 9.17) is 9.47 Å². The summed E-state index contributed by atoms with van der Waals surface area (Å²) in [6.07, 6.45) is 4.18. The largest absolute Gasteiger partial charge is 0.490 e. The average Bonchev–Trinajstić information content (AvgIpc) is 3.41. The van der Waals surface area contributed by atoms with Crippen LogP contribution in [0.3, 0.4) is 0 Å². The first-order valence-electron chi connectivity index (χ1n) is 13.4. The fraction of sp³-hybridized carbons (Fsp3) is 0.517. The van der Waals surface area contributed by atoms with E-state index in [1.165, 1.54) is 12.8 Å². The topological polar surface area (TPSA) is 71.1 Å². The molecule has 0 aliphatic carbocycles. The Morgan fingerprint density at radius 3 is 2.47 bits per heavy atom. The van der Waals surface area contributed by atoms with E-state index in [1.54, 1.807) is 0 Å². The van der Waals surface area contributed by atoms with Crippen LogP contribution >= 0.6 is 0 Å². The van der Waals surface area contributed by atoms with Crippen molar-refractivity contribution in [1.29, 1.82) is 0 Å². The first-order valence-corrected chi connectivity index (χ1v) is 13.4. The van der Waals surface area contributed by atoms with E-state index in [-0.39, 0.29) is 17.9 Å². The van der Waals surface area contributed by atoms with Crippen molar-refractivity contribution in [3.63, 3.8) is 0 Å². The first-order chi connectivity index (χ1) is 17.6. The Morgan fingerprint density at radius 2 is 1.72 bits per heavy atom. The van der Waals surface area contributed by atoms with Crippen molar-refractivity contribution < 1.29 is 19.1 Å². The zero-order chi connectivity index (χ0) is 25.1. The lowest BCUT2D eigenvalue weighted by molar-refractivity contribution is -0.124. The van der Waals surface area contributed by atoms with Crippen molar-refractivity contribution in [2.45, 2.75) is 51.5 Å². The van der Waals surface area contributed by atoms with E-state index in [9.17, 15) is 9.59 Å². The van der Waals surface area contributed by atoms with Crippen molar-refractivity contribution in [2.24, 2.45) is 0 Å². The van der Waals surface area contributed by atoms with Gasteiger partial charge in [-0.05, 0) is 94.1 Å². The normalized spacial score (nSPS) is 20.9. The van der Waals surface area contributed by atoms with Crippen molar-refractivity contribution in [2.75, 3.05) is 45.9 Å². The van der Waals surface area contributed by atoms with Crippen LogP contribution in [0.2, 0.25) is 0 Å². The van der Waals surface area contributed by atoms with Gasteiger partial charge in [0.25, 0.3) is 5.91 Å². The Hall–Kier alpha value is -3.06. The molecule has 2 amide bonds. The van der Waals surface area contributed by atoms with Gasteiger partial charge >= 0.3 is 0 Å². The number of carbonyl (C=O) groups excluding carboxylic acids is 2. The van der Waals surface area contributed by atoms with Gasteiger partial charge in [-0.2, -0.15) is 0 Å². The summed E-state index contributed by atoms with van der Waals surface area (Å²) in [6, 6.07) is 11.2. The molecule has 2 aromatic carbocycles. The highest BCUT2D eigenvalue weighted by molar-refractivity contribution is 6.01. The minimum Gasteiger partial charge on any atom is -0.490 e. The summed E-state index contributed by atoms with van der Waals surface area (Å²) in [4.78, 5) is 31.7. The van der Waals surface area contributed by atoms with Crippen LogP contribution in [0.5, 0.6) is 11.5 Å². The van der Waals surface area contributed by atoms with Gasteiger partial charge in [-0.3, -0.25) is 9.59 Å². The van der Waals surface area contributed by atoms with Gasteiger partial charge in [-0.15, -0.1) is 0 Å². The summed E-state index contributed by atoms with van der Waals surface area (Å²) < 4.78 is 11.8. The number of benzene rings is 2. The van der Waals surface area contributed by atoms with E-state index in [1.807, 2.05) is 55.1 Å². The molecule has 1 N–H and O–H groups in total. The van der Waals surface area contributed by atoms with Crippen LogP contribution in [0, 0.1) is 0 Å². The van der Waals surface area contributed by atoms with Crippen LogP contribution in [0.1, 0.15) is 72.1 Å². The second-order valence-corrected chi connectivity index (χ2v) is 9.82. The van der Waals surface area contributed by atoms with E-state index in [0.29, 0.717) is 37.6 Å². The monoisotopic (exact) mass is 491 g/mol. The van der Waals surface area contributed by atoms with Gasteiger partial charge in [0, 0.05) is 18.7 Å². The lowest BCUT2D eigenvalue weighted by atomic mass is 9.75. The van der Waals surface area contributed by atoms with E-state index in [0.717, 1.165) is 54.9 Å². The smallest absolute Gasteiger partial charge is 0.254 e. The zero-order valence-electron chi connectivity index (χ0n) is 21.4. The molecule has 5 rings (SSSR count). The fourth-order valence-electron chi connectivity index (χ4n) is 5.98. The number of nitrogens with zero attached hydrogens (tertiary/aromatic N) is 2. The summed E-state index contributed by atoms with van der Waals surface area (Å²) in [5.74, 6) is 0.877. The molecule has 1 fully saturated rings. The molecular formula is C29H37N3O4. The molecule has 0 radical (unpaired) electrons. The summed E-state index contributed by atoms with van der Waals surface area (Å²) in [6.45, 7) is 9.49. The molecule has 0 unspecified atom stereocenters. The van der Waals surface area contributed by atoms with Crippen LogP contribution in [-0.4, -0.2) is 67.6 Å². The van der Waals surface area contributed by atoms with Crippen LogP contribution < -0.4 is 14.8 Å². The third-order valence-electron chi connectivity index (χ3n) is 7.62. The fourth-order valence-corrected chi connectivity index (χ4v) is 5.98. The summed E-state index contributed by atoms with van der Waals surface area (Å²) in [5.41, 5.74) is 3.53. The van der Waals surface area contributed by atoms with Crippen molar-refractivity contribution in [3.05, 3.63) is 58.7 Å². The molecule has 3 aliphatic rings. The number of nitrogens with one attached hydrogen (secondary N) is 1. The van der Waals surface area contributed by atoms with Gasteiger partial charge in [-0.1, -0.05) is 18.2 Å². The Morgan fingerprint density at radius 1 is 1.00 bits per heavy atom. The van der Waals surface area contributed by atoms with Crippen molar-refractivity contribution in [3.8, 4) is 11.5 Å². The molecule has 2 atom stereocenters. The maximum atomic E-state index is 13.8. The van der Waals surface area contributed by atoms with Crippen molar-refractivity contribution >= 4 is 11.8 Å². The lowest BCUT2D eigenvalue weighted by Gasteiger charge is -2.45. The van der Waals surface area contributed by atoms with Gasteiger partial charge in [0.1, 0.15) is 0 Å². The van der Waals surface area contributed by atoms with Crippen molar-refractivity contribution in [1.82, 2.24) is 15.1 Å². The predicted molar refractivity (Wildman–Crippen MR) is 139 cm³/mol. The highest BCUT2D eigenvalue weighted by Gasteiger charge is 2.46. The predicted octanol–water partition coefficient (Wildman–Crippen LogP) is 3.92. The molecular weight excluding hydrogens is 454 g/mol. The Balaban J connectivity index is 1.47. The molecule has 2 aromatic rings. The van der Waals surface area contributed by atoms with Gasteiger partial charge in [-0.25, -0.2) is 0 Å². The molecule has 0 bridgehead atoms. The van der Waals surface area contributed by atoms with E-state index in [2.05, 4.69) is 10.2 Å². The molecule has 0 saturated carbocycles. The Bertz CT molecular complexity index is 1110. The number of carbonyl (C=O) groups is 2. The SMILES string of the molecule is CCOc1cc2c(cc1OCC)[C@@H]1[C@@H](C(=O)NCCCN3CCCC3)c3ccccc3C(=O)N1CC2. The molecule has 1 saturated heterocycles. The summed E-state index contributed by atoms with van der Waals surface area (Å²) in [7, 11) is 0. The number of hydrogen-bond donors (Lipinski definition) is 1. The number of amides is 2. The van der Waals surface area contributed by atoms with Crippen LogP contribution in [0.25, 0.3) is 0 Å². The summed E-state index contributed by atoms with van der Waals surface area (Å²) in [5, 5.41) is 3.21. The van der Waals surface area contributed by atoms with Crippen LogP contribution in [0.15, 0.2) is 36.4 Å². The van der Waals surface area contributed by atoms with Gasteiger partial charge in [0.05, 0.1) is 25.2 Å². The Labute approximate surface area is 213 Å². The minimum absolute atomic E-state index is 0.00817. The maximum absolute atomic E-state index is 13.8. The maximum Gasteiger partial charge on any atom is 0.254 e. The summed E-state index contributed by atoms with van der Waals surface area (Å²) >= 11 is 0. The van der Waals surface area contributed by atoms with Crippen LogP contribution in [-0.2, 0) is 11.2 Å². The molecule has 7 nitrogen and oxygen atoms in total. The van der Waals surface area contributed by atoms with Gasteiger partial charge in [0.2, 0.25) is 5.91 Å². The lowest BCUT2D eigenvalue weighted by Crippen LogP contribution is -2.50. The van der Waals surface area contributed by atoms with Gasteiger partial charge in [0.15, 0.2) is 11.5 Å². The number of ether oxygens (including phenoxy) is 2. The number of rotatable bonds is 9. The first kappa shape index (κ1) is 24.6. The molecule has 7 heteroatoms. The number of fused-ring (bicyclic) bond motifs is 4. The molecule has 36 heavy (non-hydrogen) atoms. The average molecular weight is 492 g/mol. The number of hydrogen-bond acceptors (Lipinski definition) is 5. The van der Waals surface area contributed by atoms with Gasteiger partial charge < -0.3 is 24.6 Å². The third-order valence-corrected chi connectivity index (χ3v) is 7.62. The van der Waals surface area contributed by atoms with E-state index < -0.39 is 5.92 Å². The van der Waals surface area contributed by atoms with Crippen LogP contribution in [0.4, 0.5) is 0 Å². The Kier molecular flexibility index (Phi) is 7.46. The molecule has 192 valence electrons. The van der Waals surface area contributed by atoms with E-state index >= 15 is 0 Å². The standard InChI is InChI=1S/C29H37N3O4/c1-3-35-24-18-20-12-17-32-27(23(20)19-25(24)36-4-2)26(21-10-5-6-11-22(21)29(32)34)28(33)30-13-9-16-31-14-7-8-15-31/h5-6,10-11,18-19,26-27H,3-4,7-9,12-17H2,1-2H3,(H,30,33)/t26-,27+/m0/s1. The highest BCUT2D eigenvalue weighted by Crippen LogP contribution is 2.48. The highest BCUT2D eigenvalue weighted by atomic mass is 16.5. The quantitative estimate of drug-likeness (QED) is 0.539. The molecule has 0 aromatic heterocycles. The number of likely N-dealkylation sites (tertiary alicyclic amines) is 1. The zero-order valence-corrected chi connectivity index (χ0v) is 21.4. The second-order valence-electron chi connectivity index (χ2n) is 9.82. The second kappa shape index (κ2) is 10.9. The molecule has 3 aliphatic heterocycles. The third kappa shape index (κ3) is 4.69. The molecule has 3 heterocycles. The molecule has 0 spiro atoms. The minimum atomic E-state index is -0.475.